The molecule has 9 heteroatoms. The molecule has 2 atom stereocenters. The monoisotopic (exact) mass is 501 g/mol. The fourth-order valence-corrected chi connectivity index (χ4v) is 3.98. The molecule has 0 bridgehead atoms. The molecule has 0 fully saturated rings. The Morgan fingerprint density at radius 2 is 1.51 bits per heavy atom. The molecule has 3 aromatic carbocycles. The molecule has 5 N–H and O–H groups in total. The molecule has 0 radical (unpaired) electrons. The van der Waals surface area contributed by atoms with Gasteiger partial charge in [0.15, 0.2) is 0 Å². The lowest BCUT2D eigenvalue weighted by Crippen LogP contribution is -2.53. The summed E-state index contributed by atoms with van der Waals surface area (Å²) in [5.74, 6) is -1.81. The van der Waals surface area contributed by atoms with Crippen molar-refractivity contribution in [2.75, 3.05) is 0 Å². The summed E-state index contributed by atoms with van der Waals surface area (Å²) >= 11 is 0. The summed E-state index contributed by atoms with van der Waals surface area (Å²) in [6.07, 6.45) is 1.02. The number of aromatic amines is 1. The second-order valence-electron chi connectivity index (χ2n) is 8.59. The summed E-state index contributed by atoms with van der Waals surface area (Å²) in [6, 6.07) is 20.4. The van der Waals surface area contributed by atoms with Gasteiger partial charge in [0.2, 0.25) is 5.91 Å². The van der Waals surface area contributed by atoms with Gasteiger partial charge >= 0.3 is 12.1 Å². The summed E-state index contributed by atoms with van der Waals surface area (Å²) in [6.45, 7) is 0.0124. The Labute approximate surface area is 213 Å². The average Bonchev–Trinajstić information content (AvgIpc) is 3.31. The SMILES string of the molecule is O=C(N[C@H](Cc1ccc(O)cc1)C(=O)N[C@H](Cc1c[nH]c2ccccc12)C(=O)O)OCc1ccccc1. The second kappa shape index (κ2) is 11.8. The highest BCUT2D eigenvalue weighted by Crippen LogP contribution is 2.19. The Bertz CT molecular complexity index is 1370. The highest BCUT2D eigenvalue weighted by molar-refractivity contribution is 5.90. The number of nitrogens with one attached hydrogen (secondary N) is 3. The van der Waals surface area contributed by atoms with Crippen LogP contribution in [0.5, 0.6) is 5.75 Å². The summed E-state index contributed by atoms with van der Waals surface area (Å²) in [5, 5.41) is 25.4. The van der Waals surface area contributed by atoms with Crippen LogP contribution in [0.4, 0.5) is 4.79 Å². The van der Waals surface area contributed by atoms with Gasteiger partial charge in [-0.3, -0.25) is 4.79 Å². The molecule has 0 aliphatic rings. The number of rotatable bonds is 10. The average molecular weight is 502 g/mol. The first kappa shape index (κ1) is 25.3. The smallest absolute Gasteiger partial charge is 0.408 e. The predicted molar refractivity (Wildman–Crippen MR) is 137 cm³/mol. The molecule has 1 heterocycles. The van der Waals surface area contributed by atoms with Crippen LogP contribution >= 0.6 is 0 Å². The maximum absolute atomic E-state index is 13.2. The number of carbonyl (C=O) groups excluding carboxylic acids is 2. The number of para-hydroxylation sites is 1. The molecule has 4 aromatic rings. The number of amides is 2. The number of phenolic OH excluding ortho intramolecular Hbond substituents is 1. The first-order chi connectivity index (χ1) is 17.9. The first-order valence-electron chi connectivity index (χ1n) is 11.7. The van der Waals surface area contributed by atoms with E-state index in [9.17, 15) is 24.6 Å². The number of ether oxygens (including phenoxy) is 1. The predicted octanol–water partition coefficient (Wildman–Crippen LogP) is 3.52. The lowest BCUT2D eigenvalue weighted by Gasteiger charge is -2.21. The van der Waals surface area contributed by atoms with E-state index in [1.165, 1.54) is 12.1 Å². The van der Waals surface area contributed by atoms with Gasteiger partial charge in [-0.25, -0.2) is 9.59 Å². The summed E-state index contributed by atoms with van der Waals surface area (Å²) < 4.78 is 5.26. The minimum Gasteiger partial charge on any atom is -0.508 e. The van der Waals surface area contributed by atoms with Crippen LogP contribution in [0.15, 0.2) is 85.1 Å². The number of carboxylic acids is 1. The van der Waals surface area contributed by atoms with E-state index in [1.54, 1.807) is 30.5 Å². The Hall–Kier alpha value is -4.79. The van der Waals surface area contributed by atoms with Crippen molar-refractivity contribution >= 4 is 28.9 Å². The number of hydrogen-bond donors (Lipinski definition) is 5. The third-order valence-electron chi connectivity index (χ3n) is 5.91. The molecule has 2 amide bonds. The Morgan fingerprint density at radius 1 is 0.811 bits per heavy atom. The lowest BCUT2D eigenvalue weighted by molar-refractivity contribution is -0.142. The highest BCUT2D eigenvalue weighted by Gasteiger charge is 2.28. The zero-order valence-electron chi connectivity index (χ0n) is 19.9. The number of phenols is 1. The summed E-state index contributed by atoms with van der Waals surface area (Å²) in [5.41, 5.74) is 3.04. The number of aliphatic carboxylic acids is 1. The van der Waals surface area contributed by atoms with E-state index >= 15 is 0 Å². The summed E-state index contributed by atoms with van der Waals surface area (Å²) in [4.78, 5) is 40.9. The quantitative estimate of drug-likeness (QED) is 0.225. The van der Waals surface area contributed by atoms with Gasteiger partial charge in [0.25, 0.3) is 0 Å². The van der Waals surface area contributed by atoms with Crippen LogP contribution in [0.2, 0.25) is 0 Å². The molecule has 37 heavy (non-hydrogen) atoms. The minimum atomic E-state index is -1.23. The molecule has 0 aliphatic heterocycles. The molecule has 1 aromatic heterocycles. The number of carboxylic acid groups (broad SMARTS) is 1. The maximum Gasteiger partial charge on any atom is 0.408 e. The van der Waals surface area contributed by atoms with Crippen LogP contribution in [-0.2, 0) is 33.8 Å². The number of aromatic hydroxyl groups is 1. The van der Waals surface area contributed by atoms with E-state index in [4.69, 9.17) is 4.74 Å². The summed E-state index contributed by atoms with van der Waals surface area (Å²) in [7, 11) is 0. The number of carbonyl (C=O) groups is 3. The first-order valence-corrected chi connectivity index (χ1v) is 11.7. The standard InChI is InChI=1S/C28H27N3O6/c32-21-12-10-18(11-13-21)14-24(31-28(36)37-17-19-6-2-1-3-7-19)26(33)30-25(27(34)35)15-20-16-29-23-9-5-4-8-22(20)23/h1-13,16,24-25,29,32H,14-15,17H2,(H,30,33)(H,31,36)(H,34,35)/t24-,25-/m1/s1. The molecule has 4 rings (SSSR count). The van der Waals surface area contributed by atoms with Crippen molar-refractivity contribution in [2.24, 2.45) is 0 Å². The Kier molecular flexibility index (Phi) is 8.05. The van der Waals surface area contributed by atoms with Crippen LogP contribution in [0, 0.1) is 0 Å². The maximum atomic E-state index is 13.2. The number of aromatic nitrogens is 1. The number of benzene rings is 3. The van der Waals surface area contributed by atoms with Crippen molar-refractivity contribution in [3.05, 3.63) is 102 Å². The zero-order valence-corrected chi connectivity index (χ0v) is 19.9. The van der Waals surface area contributed by atoms with Crippen LogP contribution in [0.3, 0.4) is 0 Å². The van der Waals surface area contributed by atoms with Crippen molar-refractivity contribution in [1.29, 1.82) is 0 Å². The van der Waals surface area contributed by atoms with Gasteiger partial charge in [-0.1, -0.05) is 60.7 Å². The van der Waals surface area contributed by atoms with Crippen LogP contribution in [0.25, 0.3) is 10.9 Å². The third-order valence-corrected chi connectivity index (χ3v) is 5.91. The van der Waals surface area contributed by atoms with E-state index in [0.717, 1.165) is 22.0 Å². The largest absolute Gasteiger partial charge is 0.508 e. The van der Waals surface area contributed by atoms with Gasteiger partial charge in [-0.15, -0.1) is 0 Å². The molecule has 0 saturated heterocycles. The van der Waals surface area contributed by atoms with Crippen molar-refractivity contribution in [3.8, 4) is 5.75 Å². The number of fused-ring (bicyclic) bond motifs is 1. The molecule has 0 saturated carbocycles. The third kappa shape index (κ3) is 6.88. The second-order valence-corrected chi connectivity index (χ2v) is 8.59. The van der Waals surface area contributed by atoms with Crippen molar-refractivity contribution in [1.82, 2.24) is 15.6 Å². The van der Waals surface area contributed by atoms with Gasteiger partial charge in [-0.2, -0.15) is 0 Å². The minimum absolute atomic E-state index is 0.0124. The molecule has 9 nitrogen and oxygen atoms in total. The molecular weight excluding hydrogens is 474 g/mol. The lowest BCUT2D eigenvalue weighted by atomic mass is 10.0. The Morgan fingerprint density at radius 3 is 2.24 bits per heavy atom. The van der Waals surface area contributed by atoms with Gasteiger partial charge in [0.05, 0.1) is 0 Å². The van der Waals surface area contributed by atoms with Gasteiger partial charge in [0, 0.05) is 29.9 Å². The van der Waals surface area contributed by atoms with Gasteiger partial charge < -0.3 is 30.6 Å². The fraction of sp³-hybridized carbons (Fsp3) is 0.179. The number of H-pyrrole nitrogens is 1. The normalized spacial score (nSPS) is 12.4. The van der Waals surface area contributed by atoms with E-state index in [1.807, 2.05) is 42.5 Å². The van der Waals surface area contributed by atoms with Crippen molar-refractivity contribution in [2.45, 2.75) is 31.5 Å². The zero-order chi connectivity index (χ0) is 26.2. The van der Waals surface area contributed by atoms with Gasteiger partial charge in [0.1, 0.15) is 24.4 Å². The van der Waals surface area contributed by atoms with Crippen molar-refractivity contribution < 1.29 is 29.3 Å². The fourth-order valence-electron chi connectivity index (χ4n) is 3.98. The molecule has 0 spiro atoms. The molecular formula is C28H27N3O6. The number of hydrogen-bond acceptors (Lipinski definition) is 5. The van der Waals surface area contributed by atoms with Crippen LogP contribution in [-0.4, -0.2) is 45.3 Å². The van der Waals surface area contributed by atoms with Gasteiger partial charge in [-0.05, 0) is 34.9 Å². The van der Waals surface area contributed by atoms with E-state index in [0.29, 0.717) is 5.56 Å². The molecule has 0 unspecified atom stereocenters. The Balaban J connectivity index is 1.47. The van der Waals surface area contributed by atoms with E-state index < -0.39 is 30.1 Å². The van der Waals surface area contributed by atoms with Crippen LogP contribution < -0.4 is 10.6 Å². The topological polar surface area (TPSA) is 141 Å². The highest BCUT2D eigenvalue weighted by atomic mass is 16.5. The van der Waals surface area contributed by atoms with Crippen LogP contribution in [0.1, 0.15) is 16.7 Å². The molecule has 0 aliphatic carbocycles. The molecule has 190 valence electrons. The van der Waals surface area contributed by atoms with E-state index in [2.05, 4.69) is 15.6 Å². The van der Waals surface area contributed by atoms with Crippen molar-refractivity contribution in [3.63, 3.8) is 0 Å². The van der Waals surface area contributed by atoms with E-state index in [-0.39, 0.29) is 25.2 Å². The number of alkyl carbamates (subject to hydrolysis) is 1.